The smallest absolute Gasteiger partial charge is 0.129 e. The third-order valence-electron chi connectivity index (χ3n) is 2.84. The zero-order valence-electron chi connectivity index (χ0n) is 10.6. The Hall–Kier alpha value is -0.960. The maximum atomic E-state index is 13.3. The van der Waals surface area contributed by atoms with E-state index in [9.17, 15) is 8.78 Å². The van der Waals surface area contributed by atoms with Gasteiger partial charge in [0.2, 0.25) is 0 Å². The van der Waals surface area contributed by atoms with E-state index in [2.05, 4.69) is 19.2 Å². The first-order valence-electron chi connectivity index (χ1n) is 6.30. The Morgan fingerprint density at radius 2 is 2.06 bits per heavy atom. The van der Waals surface area contributed by atoms with E-state index < -0.39 is 11.6 Å². The van der Waals surface area contributed by atoms with E-state index >= 15 is 0 Å². The van der Waals surface area contributed by atoms with Gasteiger partial charge in [0.25, 0.3) is 0 Å². The Morgan fingerprint density at radius 3 is 2.71 bits per heavy atom. The average Bonchev–Trinajstić information content (AvgIpc) is 2.29. The number of hydrogen-bond donors (Lipinski definition) is 1. The third-order valence-corrected chi connectivity index (χ3v) is 2.84. The van der Waals surface area contributed by atoms with Gasteiger partial charge in [-0.2, -0.15) is 0 Å². The van der Waals surface area contributed by atoms with Crippen molar-refractivity contribution >= 4 is 0 Å². The van der Waals surface area contributed by atoms with E-state index in [-0.39, 0.29) is 0 Å². The van der Waals surface area contributed by atoms with Crippen LogP contribution in [-0.4, -0.2) is 12.6 Å². The summed E-state index contributed by atoms with van der Waals surface area (Å²) < 4.78 is 26.0. The fourth-order valence-corrected chi connectivity index (χ4v) is 1.82. The number of rotatable bonds is 7. The molecule has 1 nitrogen and oxygen atoms in total. The second-order valence-corrected chi connectivity index (χ2v) is 4.48. The molecule has 1 aromatic carbocycles. The van der Waals surface area contributed by atoms with Gasteiger partial charge in [0.1, 0.15) is 11.6 Å². The highest BCUT2D eigenvalue weighted by atomic mass is 19.1. The number of benzene rings is 1. The standard InChI is InChI=1S/C14H21F2N/c1-3-9-17-11(2)5-4-6-12-7-8-13(15)10-14(12)16/h7-8,10-11,17H,3-6,9H2,1-2H3. The van der Waals surface area contributed by atoms with Gasteiger partial charge in [-0.3, -0.25) is 0 Å². The lowest BCUT2D eigenvalue weighted by molar-refractivity contribution is 0.493. The van der Waals surface area contributed by atoms with Gasteiger partial charge in [-0.05, 0) is 50.8 Å². The fraction of sp³-hybridized carbons (Fsp3) is 0.571. The van der Waals surface area contributed by atoms with Crippen molar-refractivity contribution in [2.45, 2.75) is 45.6 Å². The second kappa shape index (κ2) is 7.38. The largest absolute Gasteiger partial charge is 0.314 e. The summed E-state index contributed by atoms with van der Waals surface area (Å²) in [5.74, 6) is -0.941. The molecule has 0 heterocycles. The first-order valence-corrected chi connectivity index (χ1v) is 6.30. The third kappa shape index (κ3) is 5.26. The molecule has 1 rings (SSSR count). The molecule has 0 fully saturated rings. The summed E-state index contributed by atoms with van der Waals surface area (Å²) in [4.78, 5) is 0. The number of aryl methyl sites for hydroxylation is 1. The highest BCUT2D eigenvalue weighted by molar-refractivity contribution is 5.18. The van der Waals surface area contributed by atoms with E-state index in [1.54, 1.807) is 0 Å². The summed E-state index contributed by atoms with van der Waals surface area (Å²) in [6.07, 6.45) is 3.72. The van der Waals surface area contributed by atoms with Crippen molar-refractivity contribution in [3.8, 4) is 0 Å². The first kappa shape index (κ1) is 14.1. The normalized spacial score (nSPS) is 12.7. The summed E-state index contributed by atoms with van der Waals surface area (Å²) in [7, 11) is 0. The van der Waals surface area contributed by atoms with Crippen LogP contribution in [0.2, 0.25) is 0 Å². The molecule has 0 aliphatic rings. The quantitative estimate of drug-likeness (QED) is 0.768. The molecule has 1 atom stereocenters. The molecule has 0 radical (unpaired) electrons. The first-order chi connectivity index (χ1) is 8.13. The van der Waals surface area contributed by atoms with Gasteiger partial charge in [0.05, 0.1) is 0 Å². The van der Waals surface area contributed by atoms with Crippen LogP contribution >= 0.6 is 0 Å². The van der Waals surface area contributed by atoms with Crippen LogP contribution < -0.4 is 5.32 Å². The molecule has 96 valence electrons. The van der Waals surface area contributed by atoms with E-state index in [0.717, 1.165) is 31.9 Å². The second-order valence-electron chi connectivity index (χ2n) is 4.48. The molecule has 3 heteroatoms. The van der Waals surface area contributed by atoms with E-state index in [0.29, 0.717) is 18.0 Å². The maximum absolute atomic E-state index is 13.3. The molecular weight excluding hydrogens is 220 g/mol. The molecule has 0 amide bonds. The molecule has 0 aromatic heterocycles. The maximum Gasteiger partial charge on any atom is 0.129 e. The lowest BCUT2D eigenvalue weighted by Gasteiger charge is -2.12. The van der Waals surface area contributed by atoms with Crippen LogP contribution in [0.4, 0.5) is 8.78 Å². The molecule has 0 saturated carbocycles. The molecule has 0 aliphatic heterocycles. The average molecular weight is 241 g/mol. The van der Waals surface area contributed by atoms with Crippen molar-refractivity contribution in [1.82, 2.24) is 5.32 Å². The van der Waals surface area contributed by atoms with Crippen LogP contribution in [0.3, 0.4) is 0 Å². The van der Waals surface area contributed by atoms with Crippen LogP contribution in [0.5, 0.6) is 0 Å². The van der Waals surface area contributed by atoms with Crippen LogP contribution in [0.15, 0.2) is 18.2 Å². The number of hydrogen-bond acceptors (Lipinski definition) is 1. The van der Waals surface area contributed by atoms with Gasteiger partial charge in [-0.15, -0.1) is 0 Å². The number of nitrogens with one attached hydrogen (secondary N) is 1. The van der Waals surface area contributed by atoms with Gasteiger partial charge in [0.15, 0.2) is 0 Å². The summed E-state index contributed by atoms with van der Waals surface area (Å²) in [6, 6.07) is 4.26. The van der Waals surface area contributed by atoms with Gasteiger partial charge in [-0.1, -0.05) is 13.0 Å². The molecular formula is C14H21F2N. The Balaban J connectivity index is 2.30. The molecule has 0 spiro atoms. The Kier molecular flexibility index (Phi) is 6.12. The molecule has 0 aliphatic carbocycles. The lowest BCUT2D eigenvalue weighted by Crippen LogP contribution is -2.26. The topological polar surface area (TPSA) is 12.0 Å². The Morgan fingerprint density at radius 1 is 1.29 bits per heavy atom. The van der Waals surface area contributed by atoms with E-state index in [4.69, 9.17) is 0 Å². The van der Waals surface area contributed by atoms with Crippen LogP contribution in [-0.2, 0) is 6.42 Å². The predicted octanol–water partition coefficient (Wildman–Crippen LogP) is 3.68. The van der Waals surface area contributed by atoms with Crippen molar-refractivity contribution in [2.75, 3.05) is 6.54 Å². The van der Waals surface area contributed by atoms with Crippen molar-refractivity contribution in [3.63, 3.8) is 0 Å². The molecule has 1 N–H and O–H groups in total. The Bertz CT molecular complexity index is 339. The van der Waals surface area contributed by atoms with Gasteiger partial charge < -0.3 is 5.32 Å². The highest BCUT2D eigenvalue weighted by Crippen LogP contribution is 2.13. The molecule has 1 aromatic rings. The fourth-order valence-electron chi connectivity index (χ4n) is 1.82. The predicted molar refractivity (Wildman–Crippen MR) is 67.1 cm³/mol. The minimum Gasteiger partial charge on any atom is -0.314 e. The summed E-state index contributed by atoms with van der Waals surface area (Å²) in [6.45, 7) is 5.29. The van der Waals surface area contributed by atoms with Crippen LogP contribution in [0.25, 0.3) is 0 Å². The lowest BCUT2D eigenvalue weighted by atomic mass is 10.0. The van der Waals surface area contributed by atoms with Crippen molar-refractivity contribution in [2.24, 2.45) is 0 Å². The van der Waals surface area contributed by atoms with Gasteiger partial charge in [0, 0.05) is 12.1 Å². The van der Waals surface area contributed by atoms with Crippen LogP contribution in [0, 0.1) is 11.6 Å². The monoisotopic (exact) mass is 241 g/mol. The van der Waals surface area contributed by atoms with Crippen LogP contribution in [0.1, 0.15) is 38.7 Å². The molecule has 17 heavy (non-hydrogen) atoms. The van der Waals surface area contributed by atoms with E-state index in [1.165, 1.54) is 12.1 Å². The minimum atomic E-state index is -0.510. The minimum absolute atomic E-state index is 0.431. The van der Waals surface area contributed by atoms with Gasteiger partial charge >= 0.3 is 0 Å². The molecule has 0 saturated heterocycles. The van der Waals surface area contributed by atoms with E-state index in [1.807, 2.05) is 0 Å². The highest BCUT2D eigenvalue weighted by Gasteiger charge is 2.05. The number of halogens is 2. The zero-order valence-corrected chi connectivity index (χ0v) is 10.6. The van der Waals surface area contributed by atoms with Crippen molar-refractivity contribution in [1.29, 1.82) is 0 Å². The summed E-state index contributed by atoms with van der Waals surface area (Å²) in [5, 5.41) is 3.39. The van der Waals surface area contributed by atoms with Gasteiger partial charge in [-0.25, -0.2) is 8.78 Å². The molecule has 1 unspecified atom stereocenters. The molecule has 0 bridgehead atoms. The van der Waals surface area contributed by atoms with Crippen molar-refractivity contribution in [3.05, 3.63) is 35.4 Å². The SMILES string of the molecule is CCCNC(C)CCCc1ccc(F)cc1F. The van der Waals surface area contributed by atoms with Crippen molar-refractivity contribution < 1.29 is 8.78 Å². The summed E-state index contributed by atoms with van der Waals surface area (Å²) >= 11 is 0. The summed E-state index contributed by atoms with van der Waals surface area (Å²) in [5.41, 5.74) is 0.606. The Labute approximate surface area is 102 Å². The zero-order chi connectivity index (χ0) is 12.7.